The molecule has 9 nitrogen and oxygen atoms in total. The molecule has 202 valence electrons. The van der Waals surface area contributed by atoms with E-state index in [4.69, 9.17) is 15.6 Å². The second-order valence-electron chi connectivity index (χ2n) is 10.6. The average molecular weight is 521 g/mol. The first-order chi connectivity index (χ1) is 18.3. The Labute approximate surface area is 223 Å². The molecule has 0 radical (unpaired) electrons. The topological polar surface area (TPSA) is 116 Å². The summed E-state index contributed by atoms with van der Waals surface area (Å²) in [6.45, 7) is 7.28. The maximum atomic E-state index is 13.0. The van der Waals surface area contributed by atoms with Crippen molar-refractivity contribution in [3.8, 4) is 5.75 Å². The summed E-state index contributed by atoms with van der Waals surface area (Å²) in [5.41, 5.74) is 8.96. The van der Waals surface area contributed by atoms with Crippen molar-refractivity contribution in [3.05, 3.63) is 64.7 Å². The third kappa shape index (κ3) is 5.68. The molecule has 1 saturated heterocycles. The average Bonchev–Trinajstić information content (AvgIpc) is 3.71. The van der Waals surface area contributed by atoms with Crippen LogP contribution in [0, 0.1) is 0 Å². The monoisotopic (exact) mass is 520 g/mol. The smallest absolute Gasteiger partial charge is 0.303 e. The fourth-order valence-electron chi connectivity index (χ4n) is 5.62. The van der Waals surface area contributed by atoms with Crippen molar-refractivity contribution in [2.24, 2.45) is 5.73 Å². The van der Waals surface area contributed by atoms with Crippen molar-refractivity contribution in [2.75, 3.05) is 26.2 Å². The molecule has 2 aromatic carbocycles. The van der Waals surface area contributed by atoms with E-state index in [0.29, 0.717) is 29.5 Å². The van der Waals surface area contributed by atoms with Gasteiger partial charge in [0, 0.05) is 55.8 Å². The summed E-state index contributed by atoms with van der Waals surface area (Å²) in [7, 11) is 0. The van der Waals surface area contributed by atoms with Crippen LogP contribution < -0.4 is 10.5 Å². The molecule has 2 aromatic rings. The summed E-state index contributed by atoms with van der Waals surface area (Å²) >= 11 is 0. The molecule has 3 N–H and O–H groups in total. The van der Waals surface area contributed by atoms with Gasteiger partial charge in [0.2, 0.25) is 5.91 Å². The maximum absolute atomic E-state index is 13.0. The van der Waals surface area contributed by atoms with Crippen LogP contribution in [-0.2, 0) is 22.7 Å². The molecule has 2 unspecified atom stereocenters. The Morgan fingerprint density at radius 3 is 2.42 bits per heavy atom. The van der Waals surface area contributed by atoms with Crippen molar-refractivity contribution >= 4 is 17.8 Å². The predicted octanol–water partition coefficient (Wildman–Crippen LogP) is 2.78. The normalized spacial score (nSPS) is 19.7. The molecular weight excluding hydrogens is 484 g/mol. The number of ether oxygens (including phenoxy) is 1. The largest absolute Gasteiger partial charge is 0.489 e. The maximum Gasteiger partial charge on any atom is 0.303 e. The van der Waals surface area contributed by atoms with Gasteiger partial charge in [-0.25, -0.2) is 0 Å². The second kappa shape index (κ2) is 11.1. The number of fused-ring (bicyclic) bond motifs is 1. The number of hydrogen-bond donors (Lipinski definition) is 2. The zero-order chi connectivity index (χ0) is 26.8. The summed E-state index contributed by atoms with van der Waals surface area (Å²) in [4.78, 5) is 42.6. The van der Waals surface area contributed by atoms with E-state index in [0.717, 1.165) is 37.8 Å². The first-order valence-corrected chi connectivity index (χ1v) is 13.5. The molecule has 2 aliphatic heterocycles. The second-order valence-corrected chi connectivity index (χ2v) is 10.6. The summed E-state index contributed by atoms with van der Waals surface area (Å²) in [5, 5.41) is 9.01. The number of carboxylic acid groups (broad SMARTS) is 1. The highest BCUT2D eigenvalue weighted by atomic mass is 16.5. The van der Waals surface area contributed by atoms with E-state index in [2.05, 4.69) is 41.0 Å². The lowest BCUT2D eigenvalue weighted by molar-refractivity contribution is -0.137. The van der Waals surface area contributed by atoms with E-state index in [-0.39, 0.29) is 25.3 Å². The number of carbonyl (C=O) groups is 3. The first kappa shape index (κ1) is 26.2. The van der Waals surface area contributed by atoms with Gasteiger partial charge in [-0.15, -0.1) is 0 Å². The summed E-state index contributed by atoms with van der Waals surface area (Å²) in [6.07, 6.45) is 2.45. The number of carbonyl (C=O) groups excluding carboxylic acids is 2. The zero-order valence-corrected chi connectivity index (χ0v) is 21.8. The van der Waals surface area contributed by atoms with Gasteiger partial charge in [-0.05, 0) is 49.4 Å². The minimum absolute atomic E-state index is 0.0262. The minimum atomic E-state index is -1.04. The van der Waals surface area contributed by atoms with Gasteiger partial charge in [-0.3, -0.25) is 24.2 Å². The molecule has 2 heterocycles. The van der Waals surface area contributed by atoms with Crippen LogP contribution in [0.1, 0.15) is 65.7 Å². The van der Waals surface area contributed by atoms with Gasteiger partial charge in [0.15, 0.2) is 0 Å². The van der Waals surface area contributed by atoms with Crippen molar-refractivity contribution in [3.63, 3.8) is 0 Å². The lowest BCUT2D eigenvalue weighted by atomic mass is 10.0. The molecule has 0 bridgehead atoms. The molecule has 1 saturated carbocycles. The highest BCUT2D eigenvalue weighted by molar-refractivity contribution is 6.01. The fourth-order valence-corrected chi connectivity index (χ4v) is 5.62. The van der Waals surface area contributed by atoms with Crippen LogP contribution in [0.2, 0.25) is 0 Å². The van der Waals surface area contributed by atoms with Crippen LogP contribution in [-0.4, -0.2) is 75.9 Å². The zero-order valence-electron chi connectivity index (χ0n) is 21.8. The third-order valence-corrected chi connectivity index (χ3v) is 8.11. The number of nitrogens with zero attached hydrogens (tertiary/aromatic N) is 3. The van der Waals surface area contributed by atoms with Crippen molar-refractivity contribution in [1.82, 2.24) is 14.7 Å². The van der Waals surface area contributed by atoms with Gasteiger partial charge in [-0.1, -0.05) is 30.3 Å². The predicted molar refractivity (Wildman–Crippen MR) is 142 cm³/mol. The van der Waals surface area contributed by atoms with E-state index >= 15 is 0 Å². The standard InChI is InChI=1S/C29H36N4O5/c1-19(31-13-15-32(16-14-31)22-9-10-22)21-7-5-20(6-8-21)18-38-26-4-2-3-23-24(26)17-33(29(23)37)25(28(30)36)11-12-27(34)35/h2-8,19,22,25H,9-18H2,1H3,(H2,30,36)(H,34,35). The molecule has 0 spiro atoms. The van der Waals surface area contributed by atoms with E-state index in [1.807, 2.05) is 6.07 Å². The molecular formula is C29H36N4O5. The fraction of sp³-hybridized carbons (Fsp3) is 0.483. The van der Waals surface area contributed by atoms with Gasteiger partial charge in [0.25, 0.3) is 5.91 Å². The van der Waals surface area contributed by atoms with Crippen molar-refractivity contribution < 1.29 is 24.2 Å². The molecule has 1 aliphatic carbocycles. The number of primary amides is 1. The lowest BCUT2D eigenvalue weighted by Crippen LogP contribution is -2.47. The quantitative estimate of drug-likeness (QED) is 0.468. The number of hydrogen-bond acceptors (Lipinski definition) is 6. The van der Waals surface area contributed by atoms with Crippen LogP contribution in [0.5, 0.6) is 5.75 Å². The van der Waals surface area contributed by atoms with Crippen LogP contribution >= 0.6 is 0 Å². The third-order valence-electron chi connectivity index (χ3n) is 8.11. The first-order valence-electron chi connectivity index (χ1n) is 13.5. The number of benzene rings is 2. The Bertz CT molecular complexity index is 1190. The number of nitrogens with two attached hydrogens (primary N) is 1. The summed E-state index contributed by atoms with van der Waals surface area (Å²) in [6, 6.07) is 14.0. The van der Waals surface area contributed by atoms with Crippen LogP contribution in [0.4, 0.5) is 0 Å². The van der Waals surface area contributed by atoms with Crippen LogP contribution in [0.25, 0.3) is 0 Å². The molecule has 2 atom stereocenters. The van der Waals surface area contributed by atoms with Gasteiger partial charge in [0.05, 0.1) is 6.54 Å². The Morgan fingerprint density at radius 2 is 1.79 bits per heavy atom. The van der Waals surface area contributed by atoms with Crippen molar-refractivity contribution in [1.29, 1.82) is 0 Å². The van der Waals surface area contributed by atoms with Crippen LogP contribution in [0.15, 0.2) is 42.5 Å². The molecule has 2 fully saturated rings. The lowest BCUT2D eigenvalue weighted by Gasteiger charge is -2.38. The molecule has 0 aromatic heterocycles. The Morgan fingerprint density at radius 1 is 1.08 bits per heavy atom. The van der Waals surface area contributed by atoms with Crippen molar-refractivity contribution in [2.45, 2.75) is 63.9 Å². The van der Waals surface area contributed by atoms with E-state index in [9.17, 15) is 14.4 Å². The molecule has 38 heavy (non-hydrogen) atoms. The Kier molecular flexibility index (Phi) is 7.67. The Balaban J connectivity index is 1.20. The number of piperazine rings is 1. The summed E-state index contributed by atoms with van der Waals surface area (Å²) in [5.74, 6) is -1.52. The number of rotatable bonds is 11. The number of carboxylic acids is 1. The highest BCUT2D eigenvalue weighted by Crippen LogP contribution is 2.34. The minimum Gasteiger partial charge on any atom is -0.489 e. The molecule has 5 rings (SSSR count). The Hall–Kier alpha value is -3.43. The van der Waals surface area contributed by atoms with Crippen LogP contribution in [0.3, 0.4) is 0 Å². The highest BCUT2D eigenvalue weighted by Gasteiger charge is 2.37. The molecule has 3 aliphatic rings. The van der Waals surface area contributed by atoms with E-state index < -0.39 is 17.9 Å². The van der Waals surface area contributed by atoms with E-state index in [1.54, 1.807) is 12.1 Å². The van der Waals surface area contributed by atoms with Gasteiger partial charge < -0.3 is 20.5 Å². The SMILES string of the molecule is CC(c1ccc(COc2cccc3c2CN(C(CCC(=O)O)C(N)=O)C3=O)cc1)N1CCN(C2CC2)CC1. The summed E-state index contributed by atoms with van der Waals surface area (Å²) < 4.78 is 6.12. The molecule has 9 heteroatoms. The van der Waals surface area contributed by atoms with Gasteiger partial charge in [-0.2, -0.15) is 0 Å². The van der Waals surface area contributed by atoms with Gasteiger partial charge >= 0.3 is 5.97 Å². The van der Waals surface area contributed by atoms with E-state index in [1.165, 1.54) is 23.3 Å². The van der Waals surface area contributed by atoms with Gasteiger partial charge in [0.1, 0.15) is 18.4 Å². The number of amides is 2. The molecule has 2 amide bonds. The number of aliphatic carboxylic acids is 1.